The number of hydrogen-bond acceptors (Lipinski definition) is 2. The van der Waals surface area contributed by atoms with Gasteiger partial charge >= 0.3 is 6.18 Å². The molecule has 3 fully saturated rings. The number of nitrogens with two attached hydrogens (primary N) is 1. The van der Waals surface area contributed by atoms with Crippen molar-refractivity contribution >= 4 is 5.91 Å². The highest BCUT2D eigenvalue weighted by Crippen LogP contribution is 2.42. The Morgan fingerprint density at radius 1 is 0.913 bits per heavy atom. The maximum atomic E-state index is 12.9. The zero-order valence-corrected chi connectivity index (χ0v) is 13.5. The van der Waals surface area contributed by atoms with Crippen molar-refractivity contribution in [1.82, 2.24) is 4.90 Å². The van der Waals surface area contributed by atoms with Gasteiger partial charge in [0, 0.05) is 12.1 Å². The molecule has 0 bridgehead atoms. The van der Waals surface area contributed by atoms with Gasteiger partial charge in [0.05, 0.1) is 12.0 Å². The Morgan fingerprint density at radius 2 is 1.57 bits per heavy atom. The summed E-state index contributed by atoms with van der Waals surface area (Å²) in [4.78, 5) is 14.7. The van der Waals surface area contributed by atoms with E-state index in [2.05, 4.69) is 0 Å². The lowest BCUT2D eigenvalue weighted by atomic mass is 9.79. The molecule has 3 aliphatic rings. The van der Waals surface area contributed by atoms with Crippen LogP contribution in [0.1, 0.15) is 64.2 Å². The van der Waals surface area contributed by atoms with Crippen LogP contribution < -0.4 is 5.73 Å². The Balaban J connectivity index is 1.74. The van der Waals surface area contributed by atoms with Gasteiger partial charge in [-0.1, -0.05) is 12.8 Å². The van der Waals surface area contributed by atoms with Crippen LogP contribution in [0.2, 0.25) is 0 Å². The lowest BCUT2D eigenvalue weighted by molar-refractivity contribution is -0.185. The van der Waals surface area contributed by atoms with E-state index < -0.39 is 18.1 Å². The number of halogens is 3. The fourth-order valence-electron chi connectivity index (χ4n) is 4.90. The molecule has 0 spiro atoms. The van der Waals surface area contributed by atoms with Crippen LogP contribution in [0.5, 0.6) is 0 Å². The van der Waals surface area contributed by atoms with Gasteiger partial charge in [0.1, 0.15) is 0 Å². The third kappa shape index (κ3) is 3.52. The Hall–Kier alpha value is -0.780. The largest absolute Gasteiger partial charge is 0.391 e. The maximum absolute atomic E-state index is 12.9. The molecule has 1 saturated heterocycles. The van der Waals surface area contributed by atoms with Crippen molar-refractivity contribution in [2.45, 2.75) is 88.5 Å². The van der Waals surface area contributed by atoms with E-state index in [1.807, 2.05) is 4.90 Å². The topological polar surface area (TPSA) is 46.3 Å². The number of amides is 1. The molecule has 6 heteroatoms. The minimum atomic E-state index is -4.10. The van der Waals surface area contributed by atoms with Crippen molar-refractivity contribution in [3.8, 4) is 0 Å². The molecule has 1 heterocycles. The zero-order valence-electron chi connectivity index (χ0n) is 13.5. The molecule has 1 amide bonds. The molecular formula is C17H27F3N2O. The van der Waals surface area contributed by atoms with Gasteiger partial charge in [0.15, 0.2) is 0 Å². The number of nitrogens with zero attached hydrogens (tertiary/aromatic N) is 1. The first-order valence-electron chi connectivity index (χ1n) is 9.02. The van der Waals surface area contributed by atoms with E-state index in [0.29, 0.717) is 25.2 Å². The Kier molecular flexibility index (Phi) is 4.90. The summed E-state index contributed by atoms with van der Waals surface area (Å²) in [5, 5.41) is 0. The van der Waals surface area contributed by atoms with Crippen LogP contribution in [0.15, 0.2) is 0 Å². The van der Waals surface area contributed by atoms with Gasteiger partial charge in [-0.05, 0) is 57.3 Å². The number of likely N-dealkylation sites (tertiary alicyclic amines) is 1. The van der Waals surface area contributed by atoms with Gasteiger partial charge in [0.2, 0.25) is 5.91 Å². The summed E-state index contributed by atoms with van der Waals surface area (Å²) in [5.41, 5.74) is 6.05. The average molecular weight is 332 g/mol. The number of fused-ring (bicyclic) bond motifs is 1. The van der Waals surface area contributed by atoms with Crippen molar-refractivity contribution in [2.75, 3.05) is 0 Å². The number of carbonyl (C=O) groups excluding carboxylic acids is 1. The van der Waals surface area contributed by atoms with Crippen LogP contribution in [0, 0.1) is 11.8 Å². The van der Waals surface area contributed by atoms with E-state index in [1.165, 1.54) is 6.42 Å². The molecule has 0 aromatic rings. The standard InChI is InChI=1S/C17H27F3N2O/c18-17(19,20)12-6-8-13(9-7-12)22-15-4-2-1-3-11(15)5-10-14(21)16(22)23/h11-15H,1-10,21H2. The first-order chi connectivity index (χ1) is 10.9. The van der Waals surface area contributed by atoms with Crippen LogP contribution in [-0.4, -0.2) is 35.1 Å². The second kappa shape index (κ2) is 6.61. The van der Waals surface area contributed by atoms with Crippen molar-refractivity contribution in [1.29, 1.82) is 0 Å². The Morgan fingerprint density at radius 3 is 2.22 bits per heavy atom. The summed E-state index contributed by atoms with van der Waals surface area (Å²) in [6.45, 7) is 0. The summed E-state index contributed by atoms with van der Waals surface area (Å²) in [6.07, 6.45) is 3.23. The highest BCUT2D eigenvalue weighted by molar-refractivity contribution is 5.82. The zero-order chi connectivity index (χ0) is 16.6. The summed E-state index contributed by atoms with van der Waals surface area (Å²) >= 11 is 0. The molecule has 0 aromatic carbocycles. The van der Waals surface area contributed by atoms with Crippen molar-refractivity contribution < 1.29 is 18.0 Å². The van der Waals surface area contributed by atoms with E-state index in [9.17, 15) is 18.0 Å². The quantitative estimate of drug-likeness (QED) is 0.797. The van der Waals surface area contributed by atoms with Crippen molar-refractivity contribution in [2.24, 2.45) is 17.6 Å². The van der Waals surface area contributed by atoms with Crippen LogP contribution in [-0.2, 0) is 4.79 Å². The third-order valence-electron chi connectivity index (χ3n) is 6.20. The van der Waals surface area contributed by atoms with Crippen LogP contribution in [0.3, 0.4) is 0 Å². The van der Waals surface area contributed by atoms with Crippen LogP contribution in [0.25, 0.3) is 0 Å². The summed E-state index contributed by atoms with van der Waals surface area (Å²) in [5.74, 6) is -0.729. The Labute approximate surface area is 135 Å². The van der Waals surface area contributed by atoms with Gasteiger partial charge < -0.3 is 10.6 Å². The second-order valence-corrected chi connectivity index (χ2v) is 7.59. The van der Waals surface area contributed by atoms with Gasteiger partial charge in [0.25, 0.3) is 0 Å². The van der Waals surface area contributed by atoms with E-state index in [-0.39, 0.29) is 30.8 Å². The molecule has 23 heavy (non-hydrogen) atoms. The second-order valence-electron chi connectivity index (χ2n) is 7.59. The SMILES string of the molecule is NC1CCC2CCCCC2N(C2CCC(C(F)(F)F)CC2)C1=O. The Bertz CT molecular complexity index is 432. The van der Waals surface area contributed by atoms with Crippen molar-refractivity contribution in [3.63, 3.8) is 0 Å². The lowest BCUT2D eigenvalue weighted by Crippen LogP contribution is -2.55. The normalized spacial score (nSPS) is 39.7. The number of carbonyl (C=O) groups is 1. The molecule has 3 nitrogen and oxygen atoms in total. The molecule has 0 radical (unpaired) electrons. The summed E-state index contributed by atoms with van der Waals surface area (Å²) in [7, 11) is 0. The van der Waals surface area contributed by atoms with E-state index in [4.69, 9.17) is 5.73 Å². The average Bonchev–Trinajstić information content (AvgIpc) is 2.65. The minimum absolute atomic E-state index is 0.0186. The molecule has 132 valence electrons. The third-order valence-corrected chi connectivity index (χ3v) is 6.20. The lowest BCUT2D eigenvalue weighted by Gasteiger charge is -2.45. The molecule has 3 rings (SSSR count). The maximum Gasteiger partial charge on any atom is 0.391 e. The molecule has 2 saturated carbocycles. The predicted molar refractivity (Wildman–Crippen MR) is 81.6 cm³/mol. The van der Waals surface area contributed by atoms with Gasteiger partial charge in [-0.15, -0.1) is 0 Å². The van der Waals surface area contributed by atoms with Gasteiger partial charge in [-0.25, -0.2) is 0 Å². The molecule has 2 aliphatic carbocycles. The first kappa shape index (κ1) is 17.1. The summed E-state index contributed by atoms with van der Waals surface area (Å²) < 4.78 is 38.6. The first-order valence-corrected chi connectivity index (χ1v) is 9.02. The molecule has 3 unspecified atom stereocenters. The fraction of sp³-hybridized carbons (Fsp3) is 0.941. The summed E-state index contributed by atoms with van der Waals surface area (Å²) in [6, 6.07) is -0.311. The van der Waals surface area contributed by atoms with Gasteiger partial charge in [-0.2, -0.15) is 13.2 Å². The molecule has 2 N–H and O–H groups in total. The minimum Gasteiger partial charge on any atom is -0.335 e. The highest BCUT2D eigenvalue weighted by Gasteiger charge is 2.46. The van der Waals surface area contributed by atoms with Crippen LogP contribution >= 0.6 is 0 Å². The van der Waals surface area contributed by atoms with Crippen molar-refractivity contribution in [3.05, 3.63) is 0 Å². The number of hydrogen-bond donors (Lipinski definition) is 1. The molecule has 3 atom stereocenters. The van der Waals surface area contributed by atoms with E-state index in [0.717, 1.165) is 25.7 Å². The smallest absolute Gasteiger partial charge is 0.335 e. The fourth-order valence-corrected chi connectivity index (χ4v) is 4.90. The molecule has 0 aromatic heterocycles. The number of rotatable bonds is 1. The van der Waals surface area contributed by atoms with Crippen LogP contribution in [0.4, 0.5) is 13.2 Å². The highest BCUT2D eigenvalue weighted by atomic mass is 19.4. The monoisotopic (exact) mass is 332 g/mol. The van der Waals surface area contributed by atoms with E-state index >= 15 is 0 Å². The molecular weight excluding hydrogens is 305 g/mol. The van der Waals surface area contributed by atoms with Gasteiger partial charge in [-0.3, -0.25) is 4.79 Å². The predicted octanol–water partition coefficient (Wildman–Crippen LogP) is 3.62. The van der Waals surface area contributed by atoms with E-state index in [1.54, 1.807) is 0 Å². The molecule has 1 aliphatic heterocycles. The number of alkyl halides is 3.